The molecule has 0 saturated heterocycles. The lowest BCUT2D eigenvalue weighted by atomic mass is 10.1. The molecule has 0 aliphatic carbocycles. The first kappa shape index (κ1) is 23.7. The zero-order valence-electron chi connectivity index (χ0n) is 17.8. The third-order valence-corrected chi connectivity index (χ3v) is 7.51. The summed E-state index contributed by atoms with van der Waals surface area (Å²) in [7, 11) is 2.40. The summed E-state index contributed by atoms with van der Waals surface area (Å²) in [5.41, 5.74) is 1.99. The molecule has 2 aliphatic rings. The number of nitrogens with zero attached hydrogens (tertiary/aromatic N) is 1. The molecule has 1 N–H and O–H groups in total. The standard InChI is InChI=1S/C20H15ClN2O3S2.C3H8S/c1-22-15-10-13(21)7-9-16(15)27-18(22)11-19-23(25-26-24)20-14-5-3-2-4-12(14)6-8-17(20)28-19;1-4(2)3/h2-11,19,24H,1H3;1H2,2-3H3/b18-11-;. The van der Waals surface area contributed by atoms with E-state index in [0.29, 0.717) is 20.6 Å². The van der Waals surface area contributed by atoms with Gasteiger partial charge >= 0.3 is 0 Å². The zero-order valence-corrected chi connectivity index (χ0v) is 21.0. The molecule has 0 saturated carbocycles. The molecule has 2 unspecified atom stereocenters. The Kier molecular flexibility index (Phi) is 7.54. The monoisotopic (exact) mass is 506 g/mol. The second kappa shape index (κ2) is 10.2. The molecule has 2 aliphatic heterocycles. The number of quaternary nitrogens is 1. The number of hydrogen-bond donors (Lipinski definition) is 1. The fraction of sp³-hybridized carbons (Fsp3) is 0.174. The number of halogens is 1. The summed E-state index contributed by atoms with van der Waals surface area (Å²) in [5.74, 6) is 3.67. The van der Waals surface area contributed by atoms with Gasteiger partial charge in [0, 0.05) is 28.4 Å². The number of hydrogen-bond acceptors (Lipinski definition) is 6. The van der Waals surface area contributed by atoms with Gasteiger partial charge in [-0.25, -0.2) is 5.04 Å². The molecule has 3 aromatic carbocycles. The fourth-order valence-electron chi connectivity index (χ4n) is 3.59. The molecular weight excluding hydrogens is 484 g/mol. The third-order valence-electron chi connectivity index (χ3n) is 4.89. The highest BCUT2D eigenvalue weighted by Gasteiger charge is 2.40. The van der Waals surface area contributed by atoms with E-state index in [0.717, 1.165) is 37.0 Å². The molecule has 0 fully saturated rings. The molecule has 32 heavy (non-hydrogen) atoms. The van der Waals surface area contributed by atoms with Crippen molar-refractivity contribution in [2.75, 3.05) is 24.5 Å². The molecule has 2 atom stereocenters. The van der Waals surface area contributed by atoms with Gasteiger partial charge in [0.2, 0.25) is 0 Å². The maximum atomic E-state index is 10.9. The fourth-order valence-corrected chi connectivity index (χ4v) is 6.15. The summed E-state index contributed by atoms with van der Waals surface area (Å²) in [6, 6.07) is 18.1. The second-order valence-corrected chi connectivity index (χ2v) is 12.1. The van der Waals surface area contributed by atoms with Crippen molar-refractivity contribution in [1.29, 1.82) is 0 Å². The van der Waals surface area contributed by atoms with E-state index in [2.05, 4.69) is 46.5 Å². The van der Waals surface area contributed by atoms with Crippen molar-refractivity contribution in [1.82, 2.24) is 0 Å². The SMILES string of the molecule is C=S(C)C.CN1/C(=C/C2Sc3ccc4ccccc4c3[NH+]2OO[O-])Sc2ccc(Cl)cc21. The van der Waals surface area contributed by atoms with Gasteiger partial charge < -0.3 is 10.2 Å². The first-order valence-electron chi connectivity index (χ1n) is 9.71. The van der Waals surface area contributed by atoms with Crippen molar-refractivity contribution in [2.45, 2.75) is 15.2 Å². The van der Waals surface area contributed by atoms with Crippen LogP contribution in [-0.4, -0.2) is 30.8 Å². The van der Waals surface area contributed by atoms with Gasteiger partial charge in [0.25, 0.3) is 0 Å². The Morgan fingerprint density at radius 2 is 1.88 bits per heavy atom. The van der Waals surface area contributed by atoms with E-state index in [1.807, 2.05) is 49.5 Å². The molecule has 0 radical (unpaired) electrons. The van der Waals surface area contributed by atoms with Crippen molar-refractivity contribution in [2.24, 2.45) is 0 Å². The molecule has 0 spiro atoms. The number of hydroxylamine groups is 1. The van der Waals surface area contributed by atoms with E-state index in [4.69, 9.17) is 16.6 Å². The van der Waals surface area contributed by atoms with Gasteiger partial charge in [-0.15, -0.1) is 5.06 Å². The summed E-state index contributed by atoms with van der Waals surface area (Å²) >= 11 is 9.47. The first-order valence-corrected chi connectivity index (χ1v) is 14.0. The smallest absolute Gasteiger partial charge is 0.198 e. The Labute approximate surface area is 203 Å². The number of anilines is 1. The molecule has 0 amide bonds. The Balaban J connectivity index is 0.000000567. The minimum absolute atomic E-state index is 0.163. The highest BCUT2D eigenvalue weighted by atomic mass is 35.5. The van der Waals surface area contributed by atoms with E-state index >= 15 is 0 Å². The number of nitrogens with one attached hydrogen (secondary N) is 1. The van der Waals surface area contributed by atoms with Crippen LogP contribution in [0.2, 0.25) is 5.02 Å². The number of rotatable bonds is 3. The minimum atomic E-state index is -0.163. The van der Waals surface area contributed by atoms with E-state index < -0.39 is 0 Å². The molecule has 3 aromatic rings. The van der Waals surface area contributed by atoms with Crippen LogP contribution in [0.3, 0.4) is 0 Å². The molecule has 0 bridgehead atoms. The number of thioether (sulfide) groups is 2. The van der Waals surface area contributed by atoms with Gasteiger partial charge in [-0.3, -0.25) is 0 Å². The summed E-state index contributed by atoms with van der Waals surface area (Å²) in [6.45, 7) is 0. The van der Waals surface area contributed by atoms with E-state index in [9.17, 15) is 5.26 Å². The largest absolute Gasteiger partial charge is 0.687 e. The number of fused-ring (bicyclic) bond motifs is 4. The van der Waals surface area contributed by atoms with Gasteiger partial charge in [0.05, 0.1) is 15.6 Å². The molecule has 9 heteroatoms. The quantitative estimate of drug-likeness (QED) is 0.318. The highest BCUT2D eigenvalue weighted by Crippen LogP contribution is 2.47. The normalized spacial score (nSPS) is 20.4. The Hall–Kier alpha value is -1.49. The molecule has 5 nitrogen and oxygen atoms in total. The molecular formula is C23H23ClN2O3S3. The van der Waals surface area contributed by atoms with Gasteiger partial charge in [-0.05, 0) is 65.0 Å². The van der Waals surface area contributed by atoms with Crippen LogP contribution in [0.25, 0.3) is 10.8 Å². The van der Waals surface area contributed by atoms with Crippen molar-refractivity contribution >= 4 is 73.6 Å². The minimum Gasteiger partial charge on any atom is -0.687 e. The first-order chi connectivity index (χ1) is 15.4. The van der Waals surface area contributed by atoms with Crippen LogP contribution in [0, 0.1) is 0 Å². The van der Waals surface area contributed by atoms with E-state index in [1.54, 1.807) is 23.5 Å². The van der Waals surface area contributed by atoms with Crippen LogP contribution in [0.15, 0.2) is 75.5 Å². The predicted molar refractivity (Wildman–Crippen MR) is 137 cm³/mol. The summed E-state index contributed by atoms with van der Waals surface area (Å²) in [5, 5.41) is 19.0. The lowest BCUT2D eigenvalue weighted by Gasteiger charge is -2.19. The Bertz CT molecular complexity index is 1200. The summed E-state index contributed by atoms with van der Waals surface area (Å²) < 4.78 is 0. The lowest BCUT2D eigenvalue weighted by Crippen LogP contribution is -3.08. The summed E-state index contributed by atoms with van der Waals surface area (Å²) in [6.07, 6.45) is 6.27. The number of benzene rings is 3. The topological polar surface area (TPSA) is 49.2 Å². The van der Waals surface area contributed by atoms with Gasteiger partial charge in [0.1, 0.15) is 0 Å². The van der Waals surface area contributed by atoms with Gasteiger partial charge in [-0.2, -0.15) is 10.5 Å². The van der Waals surface area contributed by atoms with Crippen molar-refractivity contribution in [3.63, 3.8) is 0 Å². The van der Waals surface area contributed by atoms with Crippen LogP contribution in [0.4, 0.5) is 11.4 Å². The predicted octanol–water partition coefficient (Wildman–Crippen LogP) is 4.61. The molecule has 2 heterocycles. The average molecular weight is 507 g/mol. The summed E-state index contributed by atoms with van der Waals surface area (Å²) in [4.78, 5) is 9.45. The maximum absolute atomic E-state index is 10.9. The van der Waals surface area contributed by atoms with Gasteiger partial charge in [-0.1, -0.05) is 53.5 Å². The van der Waals surface area contributed by atoms with Crippen LogP contribution in [-0.2, 0) is 10.0 Å². The van der Waals surface area contributed by atoms with Crippen LogP contribution >= 0.6 is 45.6 Å². The van der Waals surface area contributed by atoms with Crippen LogP contribution < -0.4 is 15.2 Å². The lowest BCUT2D eigenvalue weighted by molar-refractivity contribution is -1.15. The Morgan fingerprint density at radius 1 is 1.16 bits per heavy atom. The third kappa shape index (κ3) is 4.88. The van der Waals surface area contributed by atoms with Gasteiger partial charge in [0.15, 0.2) is 11.1 Å². The highest BCUT2D eigenvalue weighted by molar-refractivity contribution is 8.12. The van der Waals surface area contributed by atoms with Crippen molar-refractivity contribution in [3.8, 4) is 0 Å². The van der Waals surface area contributed by atoms with E-state index in [1.165, 1.54) is 0 Å². The zero-order chi connectivity index (χ0) is 22.8. The average Bonchev–Trinajstić information content (AvgIpc) is 3.26. The molecule has 0 aromatic heterocycles. The maximum Gasteiger partial charge on any atom is 0.198 e. The second-order valence-electron chi connectivity index (χ2n) is 7.48. The molecule has 5 rings (SSSR count). The van der Waals surface area contributed by atoms with Crippen LogP contribution in [0.1, 0.15) is 0 Å². The van der Waals surface area contributed by atoms with Crippen LogP contribution in [0.5, 0.6) is 0 Å². The Morgan fingerprint density at radius 3 is 2.62 bits per heavy atom. The molecule has 168 valence electrons. The van der Waals surface area contributed by atoms with E-state index in [-0.39, 0.29) is 5.37 Å². The van der Waals surface area contributed by atoms with Crippen molar-refractivity contribution < 1.29 is 20.3 Å². The van der Waals surface area contributed by atoms with Crippen molar-refractivity contribution in [3.05, 3.63) is 70.7 Å².